The monoisotopic (exact) mass is 316 g/mol. The van der Waals surface area contributed by atoms with E-state index in [2.05, 4.69) is 37.2 Å². The van der Waals surface area contributed by atoms with Gasteiger partial charge in [0.15, 0.2) is 0 Å². The Bertz CT molecular complexity index is 629. The first kappa shape index (κ1) is 15.6. The Morgan fingerprint density at radius 3 is 2.55 bits per heavy atom. The Hall–Kier alpha value is -0.800. The fourth-order valence-electron chi connectivity index (χ4n) is 2.22. The summed E-state index contributed by atoms with van der Waals surface area (Å²) < 4.78 is 15.7. The van der Waals surface area contributed by atoms with Crippen LogP contribution in [0, 0.1) is 11.2 Å². The minimum Gasteiger partial charge on any atom is -0.325 e. The van der Waals surface area contributed by atoms with Gasteiger partial charge in [-0.05, 0) is 18.4 Å². The highest BCUT2D eigenvalue weighted by Crippen LogP contribution is 2.35. The molecule has 2 nitrogen and oxygen atoms in total. The number of rotatable bonds is 3. The van der Waals surface area contributed by atoms with E-state index in [9.17, 15) is 4.39 Å². The molecule has 1 heterocycles. The molecule has 0 saturated heterocycles. The summed E-state index contributed by atoms with van der Waals surface area (Å²) in [6, 6.07) is 3.24. The molecule has 1 atom stereocenters. The summed E-state index contributed by atoms with van der Waals surface area (Å²) in [5, 5.41) is 0.122. The molecule has 0 fully saturated rings. The van der Waals surface area contributed by atoms with E-state index >= 15 is 0 Å². The lowest BCUT2D eigenvalue weighted by atomic mass is 9.87. The highest BCUT2D eigenvalue weighted by atomic mass is 35.5. The molecule has 1 aromatic carbocycles. The summed E-state index contributed by atoms with van der Waals surface area (Å²) in [5.41, 5.74) is 1.54. The highest BCUT2D eigenvalue weighted by molar-refractivity contribution is 6.31. The molecule has 0 aliphatic heterocycles. The van der Waals surface area contributed by atoms with E-state index in [0.717, 1.165) is 11.3 Å². The van der Waals surface area contributed by atoms with Crippen LogP contribution in [0.25, 0.3) is 11.0 Å². The van der Waals surface area contributed by atoms with Crippen molar-refractivity contribution in [3.05, 3.63) is 28.8 Å². The van der Waals surface area contributed by atoms with Gasteiger partial charge in [-0.15, -0.1) is 11.6 Å². The zero-order chi connectivity index (χ0) is 15.1. The van der Waals surface area contributed by atoms with E-state index in [-0.39, 0.29) is 16.5 Å². The molecular weight excluding hydrogens is 298 g/mol. The Labute approximate surface area is 128 Å². The van der Waals surface area contributed by atoms with Crippen LogP contribution in [0.15, 0.2) is 12.1 Å². The Kier molecular flexibility index (Phi) is 4.31. The van der Waals surface area contributed by atoms with Gasteiger partial charge in [-0.25, -0.2) is 9.37 Å². The molecule has 110 valence electrons. The van der Waals surface area contributed by atoms with Gasteiger partial charge in [0.05, 0.1) is 16.1 Å². The third-order valence-corrected chi connectivity index (χ3v) is 4.24. The minimum absolute atomic E-state index is 0.0511. The molecule has 0 radical (unpaired) electrons. The largest absolute Gasteiger partial charge is 0.325 e. The van der Waals surface area contributed by atoms with Crippen molar-refractivity contribution in [3.63, 3.8) is 0 Å². The average Bonchev–Trinajstić information content (AvgIpc) is 2.65. The van der Waals surface area contributed by atoms with Crippen LogP contribution < -0.4 is 0 Å². The summed E-state index contributed by atoms with van der Waals surface area (Å²) in [6.45, 7) is 8.63. The second kappa shape index (κ2) is 5.53. The minimum atomic E-state index is -0.440. The maximum atomic E-state index is 13.6. The van der Waals surface area contributed by atoms with Gasteiger partial charge in [-0.3, -0.25) is 0 Å². The number of benzene rings is 1. The lowest BCUT2D eigenvalue weighted by Gasteiger charge is -2.30. The van der Waals surface area contributed by atoms with Crippen LogP contribution >= 0.6 is 23.2 Å². The number of nitrogens with zero attached hydrogens (tertiary/aromatic N) is 2. The number of imidazole rings is 1. The van der Waals surface area contributed by atoms with Gasteiger partial charge in [0, 0.05) is 24.4 Å². The molecule has 0 aliphatic rings. The first-order valence-corrected chi connectivity index (χ1v) is 7.58. The van der Waals surface area contributed by atoms with Crippen molar-refractivity contribution in [1.29, 1.82) is 0 Å². The van der Waals surface area contributed by atoms with Crippen molar-refractivity contribution < 1.29 is 4.39 Å². The topological polar surface area (TPSA) is 17.8 Å². The number of halogens is 3. The van der Waals surface area contributed by atoms with Crippen LogP contribution in [0.3, 0.4) is 0 Å². The number of aromatic nitrogens is 2. The van der Waals surface area contributed by atoms with Gasteiger partial charge in [0.2, 0.25) is 0 Å². The molecule has 0 bridgehead atoms. The maximum Gasteiger partial charge on any atom is 0.144 e. The van der Waals surface area contributed by atoms with Gasteiger partial charge in [0.25, 0.3) is 0 Å². The average molecular weight is 317 g/mol. The molecule has 0 amide bonds. The molecule has 1 aromatic heterocycles. The summed E-state index contributed by atoms with van der Waals surface area (Å²) in [5.74, 6) is 0.917. The highest BCUT2D eigenvalue weighted by Gasteiger charge is 2.26. The van der Waals surface area contributed by atoms with Crippen LogP contribution in [-0.4, -0.2) is 15.4 Å². The van der Waals surface area contributed by atoms with E-state index in [4.69, 9.17) is 23.2 Å². The fourth-order valence-corrected chi connectivity index (χ4v) is 2.55. The van der Waals surface area contributed by atoms with Crippen LogP contribution in [0.1, 0.15) is 39.6 Å². The zero-order valence-electron chi connectivity index (χ0n) is 12.2. The van der Waals surface area contributed by atoms with E-state index in [0.29, 0.717) is 17.8 Å². The molecule has 2 rings (SSSR count). The van der Waals surface area contributed by atoms with Crippen molar-refractivity contribution in [1.82, 2.24) is 9.55 Å². The normalized spacial score (nSPS) is 13.9. The third-order valence-electron chi connectivity index (χ3n) is 3.76. The van der Waals surface area contributed by atoms with Crippen molar-refractivity contribution in [2.24, 2.45) is 5.41 Å². The number of alkyl halides is 1. The molecule has 0 aliphatic carbocycles. The second-order valence-electron chi connectivity index (χ2n) is 6.13. The van der Waals surface area contributed by atoms with E-state index in [1.807, 2.05) is 0 Å². The molecular formula is C15H19Cl2FN2. The fraction of sp³-hybridized carbons (Fsp3) is 0.533. The van der Waals surface area contributed by atoms with Crippen LogP contribution in [0.2, 0.25) is 5.02 Å². The van der Waals surface area contributed by atoms with Gasteiger partial charge in [-0.2, -0.15) is 0 Å². The summed E-state index contributed by atoms with van der Waals surface area (Å²) >= 11 is 11.8. The molecule has 20 heavy (non-hydrogen) atoms. The van der Waals surface area contributed by atoms with E-state index < -0.39 is 5.82 Å². The van der Waals surface area contributed by atoms with E-state index in [1.54, 1.807) is 6.07 Å². The van der Waals surface area contributed by atoms with E-state index in [1.165, 1.54) is 6.07 Å². The molecule has 2 aromatic rings. The Balaban J connectivity index is 2.71. The summed E-state index contributed by atoms with van der Waals surface area (Å²) in [4.78, 5) is 4.52. The molecule has 5 heteroatoms. The Morgan fingerprint density at radius 2 is 2.00 bits per heavy atom. The van der Waals surface area contributed by atoms with Crippen molar-refractivity contribution in [2.75, 3.05) is 5.88 Å². The summed E-state index contributed by atoms with van der Waals surface area (Å²) in [7, 11) is 0. The smallest absolute Gasteiger partial charge is 0.144 e. The molecule has 1 unspecified atom stereocenters. The van der Waals surface area contributed by atoms with Crippen LogP contribution in [-0.2, 0) is 6.42 Å². The van der Waals surface area contributed by atoms with Crippen LogP contribution in [0.4, 0.5) is 4.39 Å². The number of fused-ring (bicyclic) bond motifs is 1. The maximum absolute atomic E-state index is 13.6. The first-order valence-electron chi connectivity index (χ1n) is 6.67. The van der Waals surface area contributed by atoms with Crippen molar-refractivity contribution in [2.45, 2.75) is 40.2 Å². The second-order valence-corrected chi connectivity index (χ2v) is 6.92. The molecule has 0 spiro atoms. The number of hydrogen-bond acceptors (Lipinski definition) is 1. The summed E-state index contributed by atoms with van der Waals surface area (Å²) in [6.07, 6.45) is 0.649. The quantitative estimate of drug-likeness (QED) is 0.710. The standard InChI is InChI=1S/C15H19Cl2FN2/c1-9(15(2,3)4)20-13-7-10(17)11(18)8-12(13)19-14(20)5-6-16/h7-9H,5-6H2,1-4H3. The molecule has 0 N–H and O–H groups in total. The third kappa shape index (κ3) is 2.79. The Morgan fingerprint density at radius 1 is 1.35 bits per heavy atom. The SMILES string of the molecule is CC(n1c(CCCl)nc2cc(F)c(Cl)cc21)C(C)(C)C. The number of hydrogen-bond donors (Lipinski definition) is 0. The van der Waals surface area contributed by atoms with Crippen molar-refractivity contribution in [3.8, 4) is 0 Å². The first-order chi connectivity index (χ1) is 9.25. The lowest BCUT2D eigenvalue weighted by molar-refractivity contribution is 0.263. The predicted molar refractivity (Wildman–Crippen MR) is 83.3 cm³/mol. The zero-order valence-corrected chi connectivity index (χ0v) is 13.7. The van der Waals surface area contributed by atoms with Crippen LogP contribution in [0.5, 0.6) is 0 Å². The number of aryl methyl sites for hydroxylation is 1. The lowest BCUT2D eigenvalue weighted by Crippen LogP contribution is -2.23. The molecule has 0 saturated carbocycles. The van der Waals surface area contributed by atoms with Gasteiger partial charge in [0.1, 0.15) is 11.6 Å². The van der Waals surface area contributed by atoms with Gasteiger partial charge >= 0.3 is 0 Å². The van der Waals surface area contributed by atoms with Gasteiger partial charge < -0.3 is 4.57 Å². The van der Waals surface area contributed by atoms with Crippen molar-refractivity contribution >= 4 is 34.2 Å². The van der Waals surface area contributed by atoms with Gasteiger partial charge in [-0.1, -0.05) is 32.4 Å². The predicted octanol–water partition coefficient (Wildman–Crippen LogP) is 5.22.